The number of aromatic nitrogens is 1. The van der Waals surface area contributed by atoms with Crippen LogP contribution in [-0.2, 0) is 0 Å². The molecule has 1 saturated heterocycles. The van der Waals surface area contributed by atoms with Crippen LogP contribution in [0.15, 0.2) is 18.2 Å². The highest BCUT2D eigenvalue weighted by molar-refractivity contribution is 7.18. The monoisotopic (exact) mass is 266 g/mol. The van der Waals surface area contributed by atoms with Gasteiger partial charge in [0.15, 0.2) is 0 Å². The Hall–Kier alpha value is -0.640. The number of thiazole rings is 1. The summed E-state index contributed by atoms with van der Waals surface area (Å²) in [7, 11) is 0. The third-order valence-corrected chi connectivity index (χ3v) is 4.76. The van der Waals surface area contributed by atoms with Crippen LogP contribution >= 0.6 is 22.9 Å². The molecule has 1 fully saturated rings. The van der Waals surface area contributed by atoms with Gasteiger partial charge in [-0.15, -0.1) is 11.3 Å². The molecule has 2 nitrogen and oxygen atoms in total. The molecule has 0 spiro atoms. The van der Waals surface area contributed by atoms with Crippen LogP contribution in [0.1, 0.15) is 30.7 Å². The number of rotatable bonds is 1. The lowest BCUT2D eigenvalue weighted by atomic mass is 9.94. The number of fused-ring (bicyclic) bond motifs is 1. The minimum absolute atomic E-state index is 0.601. The van der Waals surface area contributed by atoms with Crippen molar-refractivity contribution in [2.45, 2.75) is 31.7 Å². The van der Waals surface area contributed by atoms with E-state index in [0.29, 0.717) is 12.0 Å². The van der Waals surface area contributed by atoms with Crippen LogP contribution in [0.5, 0.6) is 0 Å². The molecule has 0 amide bonds. The van der Waals surface area contributed by atoms with Gasteiger partial charge >= 0.3 is 0 Å². The topological polar surface area (TPSA) is 24.9 Å². The van der Waals surface area contributed by atoms with E-state index >= 15 is 0 Å². The first-order chi connectivity index (χ1) is 8.22. The van der Waals surface area contributed by atoms with Gasteiger partial charge in [-0.05, 0) is 44.5 Å². The highest BCUT2D eigenvalue weighted by atomic mass is 35.5. The molecule has 2 atom stereocenters. The van der Waals surface area contributed by atoms with Gasteiger partial charge in [0.25, 0.3) is 0 Å². The standard InChI is InChI=1S/C13H15ClN2S/c1-8-6-9(4-5-15-8)13-16-11-3-2-10(14)7-12(11)17-13/h2-3,7-9,15H,4-6H2,1H3. The second kappa shape index (κ2) is 4.56. The summed E-state index contributed by atoms with van der Waals surface area (Å²) in [5.41, 5.74) is 1.08. The maximum atomic E-state index is 6.01. The lowest BCUT2D eigenvalue weighted by molar-refractivity contribution is 0.381. The lowest BCUT2D eigenvalue weighted by Crippen LogP contribution is -2.34. The van der Waals surface area contributed by atoms with Crippen molar-refractivity contribution < 1.29 is 0 Å². The highest BCUT2D eigenvalue weighted by Crippen LogP contribution is 2.34. The summed E-state index contributed by atoms with van der Waals surface area (Å²) in [6.45, 7) is 3.35. The molecule has 0 saturated carbocycles. The van der Waals surface area contributed by atoms with Gasteiger partial charge in [0.05, 0.1) is 15.2 Å². The second-order valence-corrected chi connectivity index (χ2v) is 6.24. The minimum atomic E-state index is 0.601. The maximum Gasteiger partial charge on any atom is 0.0970 e. The Labute approximate surface area is 110 Å². The van der Waals surface area contributed by atoms with Crippen molar-refractivity contribution in [3.05, 3.63) is 28.2 Å². The number of nitrogens with zero attached hydrogens (tertiary/aromatic N) is 1. The number of halogens is 1. The van der Waals surface area contributed by atoms with E-state index in [4.69, 9.17) is 16.6 Å². The first-order valence-electron chi connectivity index (χ1n) is 6.02. The van der Waals surface area contributed by atoms with Gasteiger partial charge in [0.1, 0.15) is 0 Å². The van der Waals surface area contributed by atoms with E-state index in [1.807, 2.05) is 18.2 Å². The highest BCUT2D eigenvalue weighted by Gasteiger charge is 2.22. The average Bonchev–Trinajstić information content (AvgIpc) is 2.72. The quantitative estimate of drug-likeness (QED) is 0.849. The normalized spacial score (nSPS) is 25.3. The average molecular weight is 267 g/mol. The largest absolute Gasteiger partial charge is 0.314 e. The van der Waals surface area contributed by atoms with E-state index in [1.54, 1.807) is 11.3 Å². The summed E-state index contributed by atoms with van der Waals surface area (Å²) in [5, 5.41) is 5.55. The second-order valence-electron chi connectivity index (χ2n) is 4.74. The Kier molecular flexibility index (Phi) is 3.07. The molecule has 90 valence electrons. The summed E-state index contributed by atoms with van der Waals surface area (Å²) < 4.78 is 1.21. The molecule has 1 aromatic carbocycles. The van der Waals surface area contributed by atoms with Crippen molar-refractivity contribution in [1.29, 1.82) is 0 Å². The zero-order chi connectivity index (χ0) is 11.8. The summed E-state index contributed by atoms with van der Waals surface area (Å²) in [4.78, 5) is 4.74. The number of benzene rings is 1. The predicted molar refractivity (Wildman–Crippen MR) is 74.1 cm³/mol. The Bertz CT molecular complexity index is 537. The number of hydrogen-bond donors (Lipinski definition) is 1. The predicted octanol–water partition coefficient (Wildman–Crippen LogP) is 3.81. The molecule has 2 unspecified atom stereocenters. The molecule has 2 heterocycles. The van der Waals surface area contributed by atoms with Crippen LogP contribution < -0.4 is 5.32 Å². The van der Waals surface area contributed by atoms with Crippen LogP contribution in [0.25, 0.3) is 10.2 Å². The van der Waals surface area contributed by atoms with Gasteiger partial charge in [-0.3, -0.25) is 0 Å². The molecule has 0 bridgehead atoms. The van der Waals surface area contributed by atoms with Gasteiger partial charge in [0, 0.05) is 17.0 Å². The smallest absolute Gasteiger partial charge is 0.0970 e. The summed E-state index contributed by atoms with van der Waals surface area (Å²) in [5.74, 6) is 0.613. The van der Waals surface area contributed by atoms with E-state index in [0.717, 1.165) is 17.1 Å². The van der Waals surface area contributed by atoms with Crippen LogP contribution in [0.2, 0.25) is 5.02 Å². The van der Waals surface area contributed by atoms with Gasteiger partial charge < -0.3 is 5.32 Å². The zero-order valence-electron chi connectivity index (χ0n) is 9.74. The lowest BCUT2D eigenvalue weighted by Gasteiger charge is -2.26. The fraction of sp³-hybridized carbons (Fsp3) is 0.462. The van der Waals surface area contributed by atoms with Gasteiger partial charge in [-0.1, -0.05) is 11.6 Å². The Morgan fingerprint density at radius 1 is 1.47 bits per heavy atom. The van der Waals surface area contributed by atoms with Gasteiger partial charge in [0.2, 0.25) is 0 Å². The van der Waals surface area contributed by atoms with E-state index in [-0.39, 0.29) is 0 Å². The molecule has 1 aromatic heterocycles. The van der Waals surface area contributed by atoms with Crippen LogP contribution in [0, 0.1) is 0 Å². The van der Waals surface area contributed by atoms with Crippen molar-refractivity contribution in [3.8, 4) is 0 Å². The molecule has 4 heteroatoms. The van der Waals surface area contributed by atoms with Crippen molar-refractivity contribution in [1.82, 2.24) is 10.3 Å². The maximum absolute atomic E-state index is 6.01. The SMILES string of the molecule is CC1CC(c2nc3ccc(Cl)cc3s2)CCN1. The van der Waals surface area contributed by atoms with Crippen LogP contribution in [0.4, 0.5) is 0 Å². The third kappa shape index (κ3) is 2.32. The fourth-order valence-electron chi connectivity index (χ4n) is 2.45. The number of hydrogen-bond acceptors (Lipinski definition) is 3. The van der Waals surface area contributed by atoms with Crippen molar-refractivity contribution in [2.24, 2.45) is 0 Å². The third-order valence-electron chi connectivity index (χ3n) is 3.34. The summed E-state index contributed by atoms with van der Waals surface area (Å²) in [6, 6.07) is 6.55. The van der Waals surface area contributed by atoms with Crippen molar-refractivity contribution >= 4 is 33.2 Å². The van der Waals surface area contributed by atoms with Crippen molar-refractivity contribution in [2.75, 3.05) is 6.54 Å². The Morgan fingerprint density at radius 2 is 2.35 bits per heavy atom. The molecule has 3 rings (SSSR count). The van der Waals surface area contributed by atoms with E-state index < -0.39 is 0 Å². The van der Waals surface area contributed by atoms with Gasteiger partial charge in [-0.25, -0.2) is 4.98 Å². The molecule has 1 aliphatic rings. The molecule has 1 N–H and O–H groups in total. The van der Waals surface area contributed by atoms with Gasteiger partial charge in [-0.2, -0.15) is 0 Å². The Balaban J connectivity index is 1.94. The van der Waals surface area contributed by atoms with E-state index in [9.17, 15) is 0 Å². The molecule has 0 aliphatic carbocycles. The molecule has 0 radical (unpaired) electrons. The van der Waals surface area contributed by atoms with E-state index in [1.165, 1.54) is 22.5 Å². The minimum Gasteiger partial charge on any atom is -0.314 e. The zero-order valence-corrected chi connectivity index (χ0v) is 11.3. The first-order valence-corrected chi connectivity index (χ1v) is 7.21. The van der Waals surface area contributed by atoms with E-state index in [2.05, 4.69) is 12.2 Å². The fourth-order valence-corrected chi connectivity index (χ4v) is 3.84. The van der Waals surface area contributed by atoms with Crippen LogP contribution in [0.3, 0.4) is 0 Å². The number of piperidine rings is 1. The molecule has 17 heavy (non-hydrogen) atoms. The van der Waals surface area contributed by atoms with Crippen LogP contribution in [-0.4, -0.2) is 17.6 Å². The summed E-state index contributed by atoms with van der Waals surface area (Å²) in [6.07, 6.45) is 2.38. The first kappa shape index (κ1) is 11.5. The molecule has 2 aromatic rings. The molecular formula is C13H15ClN2S. The molecular weight excluding hydrogens is 252 g/mol. The summed E-state index contributed by atoms with van der Waals surface area (Å²) >= 11 is 7.80. The Morgan fingerprint density at radius 3 is 3.18 bits per heavy atom. The number of nitrogens with one attached hydrogen (secondary N) is 1. The van der Waals surface area contributed by atoms with Crippen molar-refractivity contribution in [3.63, 3.8) is 0 Å². The molecule has 1 aliphatic heterocycles.